The lowest BCUT2D eigenvalue weighted by atomic mass is 10.5. The number of aryl methyl sites for hydroxylation is 1. The van der Waals surface area contributed by atoms with E-state index in [-0.39, 0.29) is 0 Å². The van der Waals surface area contributed by atoms with Crippen molar-refractivity contribution in [2.24, 2.45) is 0 Å². The van der Waals surface area contributed by atoms with Crippen molar-refractivity contribution in [3.05, 3.63) is 12.3 Å². The van der Waals surface area contributed by atoms with E-state index in [4.69, 9.17) is 4.74 Å². The number of aromatic nitrogens is 2. The number of hydrogen-bond acceptors (Lipinski definition) is 2. The van der Waals surface area contributed by atoms with E-state index >= 15 is 0 Å². The first-order valence-corrected chi connectivity index (χ1v) is 5.44. The van der Waals surface area contributed by atoms with Crippen molar-refractivity contribution < 1.29 is 4.74 Å². The van der Waals surface area contributed by atoms with Crippen molar-refractivity contribution in [1.29, 1.82) is 0 Å². The molecule has 3 heteroatoms. The predicted molar refractivity (Wildman–Crippen MR) is 61.8 cm³/mol. The van der Waals surface area contributed by atoms with Crippen LogP contribution in [0.3, 0.4) is 0 Å². The molecule has 0 atom stereocenters. The first-order chi connectivity index (χ1) is 6.88. The minimum atomic E-state index is 0.835. The molecular weight excluding hydrogens is 176 g/mol. The van der Waals surface area contributed by atoms with Crippen LogP contribution in [0.15, 0.2) is 12.3 Å². The van der Waals surface area contributed by atoms with Crippen molar-refractivity contribution in [1.82, 2.24) is 9.78 Å². The highest BCUT2D eigenvalue weighted by Gasteiger charge is 1.97. The Morgan fingerprint density at radius 1 is 1.29 bits per heavy atom. The Balaban J connectivity index is 0. The summed E-state index contributed by atoms with van der Waals surface area (Å²) in [5.41, 5.74) is 0. The van der Waals surface area contributed by atoms with E-state index in [1.807, 2.05) is 38.4 Å². The average Bonchev–Trinajstić information content (AvgIpc) is 2.72. The van der Waals surface area contributed by atoms with Crippen LogP contribution in [0.2, 0.25) is 0 Å². The summed E-state index contributed by atoms with van der Waals surface area (Å²) < 4.78 is 6.89. The average molecular weight is 200 g/mol. The van der Waals surface area contributed by atoms with E-state index in [1.54, 1.807) is 13.3 Å². The molecule has 0 aromatic carbocycles. The predicted octanol–water partition coefficient (Wildman–Crippen LogP) is 3.35. The number of hydrogen-bond donors (Lipinski definition) is 0. The second kappa shape index (κ2) is 12.0. The minimum Gasteiger partial charge on any atom is -0.481 e. The van der Waals surface area contributed by atoms with Crippen LogP contribution in [0, 0.1) is 0 Å². The Kier molecular flexibility index (Phi) is 13.3. The maximum absolute atomic E-state index is 5.04. The van der Waals surface area contributed by atoms with E-state index in [1.165, 1.54) is 0 Å². The number of methoxy groups -OCH3 is 1. The maximum atomic E-state index is 5.04. The van der Waals surface area contributed by atoms with Crippen LogP contribution < -0.4 is 4.74 Å². The lowest BCUT2D eigenvalue weighted by Crippen LogP contribution is -2.01. The SMILES string of the molecule is CC.CC.CCCn1nccc1OC. The zero-order valence-electron chi connectivity index (χ0n) is 10.4. The quantitative estimate of drug-likeness (QED) is 0.748. The lowest BCUT2D eigenvalue weighted by Gasteiger charge is -2.02. The van der Waals surface area contributed by atoms with Gasteiger partial charge in [-0.15, -0.1) is 0 Å². The smallest absolute Gasteiger partial charge is 0.211 e. The molecular formula is C11H24N2O. The molecule has 1 aromatic rings. The summed E-state index contributed by atoms with van der Waals surface area (Å²) in [7, 11) is 1.66. The Morgan fingerprint density at radius 2 is 1.86 bits per heavy atom. The third-order valence-electron chi connectivity index (χ3n) is 1.32. The van der Waals surface area contributed by atoms with Crippen molar-refractivity contribution >= 4 is 0 Å². The molecule has 3 nitrogen and oxygen atoms in total. The molecule has 0 unspecified atom stereocenters. The number of ether oxygens (including phenoxy) is 1. The van der Waals surface area contributed by atoms with Gasteiger partial charge in [0.2, 0.25) is 5.88 Å². The molecule has 14 heavy (non-hydrogen) atoms. The maximum Gasteiger partial charge on any atom is 0.211 e. The molecule has 1 rings (SSSR count). The highest BCUT2D eigenvalue weighted by molar-refractivity contribution is 5.06. The van der Waals surface area contributed by atoms with Gasteiger partial charge in [-0.05, 0) is 6.42 Å². The second-order valence-corrected chi connectivity index (χ2v) is 2.10. The molecule has 0 amide bonds. The topological polar surface area (TPSA) is 27.1 Å². The van der Waals surface area contributed by atoms with E-state index in [9.17, 15) is 0 Å². The Hall–Kier alpha value is -0.990. The number of nitrogens with zero attached hydrogens (tertiary/aromatic N) is 2. The molecule has 0 aliphatic heterocycles. The standard InChI is InChI=1S/C7H12N2O.2C2H6/c1-3-6-9-7(10-2)4-5-8-9;2*1-2/h4-5H,3,6H2,1-2H3;2*1-2H3. The molecule has 0 aliphatic rings. The Bertz CT molecular complexity index is 197. The third kappa shape index (κ3) is 5.62. The molecule has 0 saturated carbocycles. The molecule has 0 saturated heterocycles. The van der Waals surface area contributed by atoms with Crippen molar-refractivity contribution in [3.8, 4) is 5.88 Å². The fraction of sp³-hybridized carbons (Fsp3) is 0.727. The van der Waals surface area contributed by atoms with Crippen molar-refractivity contribution in [3.63, 3.8) is 0 Å². The van der Waals surface area contributed by atoms with Crippen LogP contribution in [0.1, 0.15) is 41.0 Å². The van der Waals surface area contributed by atoms with Crippen LogP contribution in [0.5, 0.6) is 5.88 Å². The van der Waals surface area contributed by atoms with E-state index in [0.717, 1.165) is 18.8 Å². The lowest BCUT2D eigenvalue weighted by molar-refractivity contribution is 0.359. The first kappa shape index (κ1) is 15.5. The van der Waals surface area contributed by atoms with Crippen LogP contribution in [0.25, 0.3) is 0 Å². The van der Waals surface area contributed by atoms with Gasteiger partial charge in [-0.1, -0.05) is 34.6 Å². The van der Waals surface area contributed by atoms with Crippen LogP contribution in [-0.4, -0.2) is 16.9 Å². The summed E-state index contributed by atoms with van der Waals surface area (Å²) in [4.78, 5) is 0. The summed E-state index contributed by atoms with van der Waals surface area (Å²) in [6.07, 6.45) is 2.83. The zero-order valence-corrected chi connectivity index (χ0v) is 10.4. The molecule has 84 valence electrons. The summed E-state index contributed by atoms with van der Waals surface area (Å²) >= 11 is 0. The van der Waals surface area contributed by atoms with Gasteiger partial charge in [-0.2, -0.15) is 5.10 Å². The van der Waals surface area contributed by atoms with Gasteiger partial charge in [-0.25, -0.2) is 4.68 Å². The molecule has 0 radical (unpaired) electrons. The van der Waals surface area contributed by atoms with Gasteiger partial charge in [-0.3, -0.25) is 0 Å². The largest absolute Gasteiger partial charge is 0.481 e. The Labute approximate surface area is 88.1 Å². The summed E-state index contributed by atoms with van der Waals surface area (Å²) in [5, 5.41) is 4.07. The molecule has 1 heterocycles. The van der Waals surface area contributed by atoms with Crippen LogP contribution >= 0.6 is 0 Å². The van der Waals surface area contributed by atoms with Crippen molar-refractivity contribution in [2.45, 2.75) is 47.6 Å². The van der Waals surface area contributed by atoms with Gasteiger partial charge in [0.05, 0.1) is 13.3 Å². The normalized spacial score (nSPS) is 7.86. The molecule has 0 fully saturated rings. The van der Waals surface area contributed by atoms with Gasteiger partial charge < -0.3 is 4.74 Å². The van der Waals surface area contributed by atoms with Gasteiger partial charge >= 0.3 is 0 Å². The second-order valence-electron chi connectivity index (χ2n) is 2.10. The molecule has 0 spiro atoms. The summed E-state index contributed by atoms with van der Waals surface area (Å²) in [6, 6.07) is 1.86. The van der Waals surface area contributed by atoms with Crippen LogP contribution in [0.4, 0.5) is 0 Å². The first-order valence-electron chi connectivity index (χ1n) is 5.44. The van der Waals surface area contributed by atoms with Gasteiger partial charge in [0, 0.05) is 12.6 Å². The molecule has 0 bridgehead atoms. The molecule has 0 aliphatic carbocycles. The Morgan fingerprint density at radius 3 is 2.29 bits per heavy atom. The van der Waals surface area contributed by atoms with Gasteiger partial charge in [0.1, 0.15) is 0 Å². The minimum absolute atomic E-state index is 0.835. The highest BCUT2D eigenvalue weighted by atomic mass is 16.5. The fourth-order valence-electron chi connectivity index (χ4n) is 0.874. The van der Waals surface area contributed by atoms with E-state index < -0.39 is 0 Å². The molecule has 0 N–H and O–H groups in total. The van der Waals surface area contributed by atoms with Crippen molar-refractivity contribution in [2.75, 3.05) is 7.11 Å². The third-order valence-corrected chi connectivity index (χ3v) is 1.32. The monoisotopic (exact) mass is 200 g/mol. The van der Waals surface area contributed by atoms with E-state index in [0.29, 0.717) is 0 Å². The van der Waals surface area contributed by atoms with Crippen LogP contribution in [-0.2, 0) is 6.54 Å². The zero-order chi connectivity index (χ0) is 11.4. The number of rotatable bonds is 3. The molecule has 1 aromatic heterocycles. The van der Waals surface area contributed by atoms with Gasteiger partial charge in [0.25, 0.3) is 0 Å². The van der Waals surface area contributed by atoms with E-state index in [2.05, 4.69) is 12.0 Å². The van der Waals surface area contributed by atoms with Gasteiger partial charge in [0.15, 0.2) is 0 Å². The fourth-order valence-corrected chi connectivity index (χ4v) is 0.874. The highest BCUT2D eigenvalue weighted by Crippen LogP contribution is 2.07. The summed E-state index contributed by atoms with van der Waals surface area (Å²) in [5.74, 6) is 0.835. The summed E-state index contributed by atoms with van der Waals surface area (Å²) in [6.45, 7) is 11.0.